The first kappa shape index (κ1) is 14.6. The standard InChI is InChI=1S/C15H16N4O2S/c16-17-18-22(20,21)19(13-15-9-5-2-6-10-15)12-11-14-7-3-1-4-8-14/h1-10H,11-13H2/i11D/t11-/m0/s1. The molecule has 22 heavy (non-hydrogen) atoms. The van der Waals surface area contributed by atoms with Crippen LogP contribution in [-0.4, -0.2) is 19.3 Å². The van der Waals surface area contributed by atoms with Gasteiger partial charge in [0.15, 0.2) is 0 Å². The lowest BCUT2D eigenvalue weighted by molar-refractivity contribution is 0.410. The van der Waals surface area contributed by atoms with Gasteiger partial charge in [0.05, 0.1) is 0 Å². The summed E-state index contributed by atoms with van der Waals surface area (Å²) < 4.78 is 36.3. The summed E-state index contributed by atoms with van der Waals surface area (Å²) in [7, 11) is -4.15. The molecule has 7 heteroatoms. The van der Waals surface area contributed by atoms with E-state index in [2.05, 4.69) is 9.43 Å². The van der Waals surface area contributed by atoms with Crippen LogP contribution in [0.1, 0.15) is 12.5 Å². The largest absolute Gasteiger partial charge is 0.302 e. The number of rotatable bonds is 7. The Balaban J connectivity index is 2.25. The number of nitrogens with zero attached hydrogens (tertiary/aromatic N) is 4. The summed E-state index contributed by atoms with van der Waals surface area (Å²) in [5.41, 5.74) is 9.92. The molecule has 0 aliphatic carbocycles. The maximum Gasteiger partial charge on any atom is 0.302 e. The zero-order valence-electron chi connectivity index (χ0n) is 12.8. The molecule has 0 saturated heterocycles. The molecule has 2 rings (SSSR count). The van der Waals surface area contributed by atoms with Gasteiger partial charge in [-0.25, -0.2) is 8.42 Å². The molecule has 0 unspecified atom stereocenters. The van der Waals surface area contributed by atoms with Gasteiger partial charge in [0.1, 0.15) is 0 Å². The maximum absolute atomic E-state index is 12.1. The number of benzene rings is 2. The van der Waals surface area contributed by atoms with Crippen molar-refractivity contribution < 1.29 is 9.79 Å². The van der Waals surface area contributed by atoms with Gasteiger partial charge < -0.3 is 0 Å². The van der Waals surface area contributed by atoms with E-state index in [1.54, 1.807) is 48.5 Å². The van der Waals surface area contributed by atoms with Crippen LogP contribution in [0.4, 0.5) is 0 Å². The Labute approximate surface area is 131 Å². The number of hydrogen-bond donors (Lipinski definition) is 0. The van der Waals surface area contributed by atoms with Crippen LogP contribution in [0.2, 0.25) is 0 Å². The number of hydrogen-bond acceptors (Lipinski definition) is 2. The highest BCUT2D eigenvalue weighted by molar-refractivity contribution is 7.87. The van der Waals surface area contributed by atoms with Crippen molar-refractivity contribution in [2.24, 2.45) is 4.52 Å². The highest BCUT2D eigenvalue weighted by atomic mass is 32.2. The third-order valence-electron chi connectivity index (χ3n) is 3.00. The smallest absolute Gasteiger partial charge is 0.204 e. The monoisotopic (exact) mass is 317 g/mol. The van der Waals surface area contributed by atoms with Crippen molar-refractivity contribution in [2.45, 2.75) is 12.9 Å². The van der Waals surface area contributed by atoms with Crippen molar-refractivity contribution in [2.75, 3.05) is 6.54 Å². The summed E-state index contributed by atoms with van der Waals surface area (Å²) in [6.07, 6.45) is -0.774. The van der Waals surface area contributed by atoms with E-state index in [1.165, 1.54) is 0 Å². The summed E-state index contributed by atoms with van der Waals surface area (Å²) in [6.45, 7) is -0.0509. The molecule has 6 nitrogen and oxygen atoms in total. The van der Waals surface area contributed by atoms with Crippen LogP contribution in [0.3, 0.4) is 0 Å². The predicted molar refractivity (Wildman–Crippen MR) is 85.1 cm³/mol. The van der Waals surface area contributed by atoms with E-state index in [0.29, 0.717) is 5.56 Å². The Morgan fingerprint density at radius 1 is 1.05 bits per heavy atom. The number of azide groups is 1. The van der Waals surface area contributed by atoms with Gasteiger partial charge in [-0.3, -0.25) is 0 Å². The van der Waals surface area contributed by atoms with Gasteiger partial charge in [0.2, 0.25) is 0 Å². The summed E-state index contributed by atoms with van der Waals surface area (Å²) in [5.74, 6) is 0. The van der Waals surface area contributed by atoms with E-state index in [1.807, 2.05) is 12.1 Å². The van der Waals surface area contributed by atoms with E-state index in [9.17, 15) is 8.42 Å². The van der Waals surface area contributed by atoms with Gasteiger partial charge in [0.25, 0.3) is 0 Å². The molecule has 2 aromatic carbocycles. The average Bonchev–Trinajstić information content (AvgIpc) is 2.56. The Morgan fingerprint density at radius 2 is 1.59 bits per heavy atom. The summed E-state index contributed by atoms with van der Waals surface area (Å²) in [6, 6.07) is 17.9. The molecule has 0 aliphatic heterocycles. The minimum Gasteiger partial charge on any atom is -0.204 e. The van der Waals surface area contributed by atoms with E-state index in [4.69, 9.17) is 6.90 Å². The zero-order valence-corrected chi connectivity index (χ0v) is 12.6. The van der Waals surface area contributed by atoms with Crippen molar-refractivity contribution in [3.63, 3.8) is 0 Å². The highest BCUT2D eigenvalue weighted by Crippen LogP contribution is 2.12. The maximum atomic E-state index is 12.1. The van der Waals surface area contributed by atoms with E-state index in [0.717, 1.165) is 9.87 Å². The topological polar surface area (TPSA) is 86.1 Å². The van der Waals surface area contributed by atoms with Gasteiger partial charge in [0, 0.05) is 23.9 Å². The lowest BCUT2D eigenvalue weighted by Gasteiger charge is -2.19. The summed E-state index contributed by atoms with van der Waals surface area (Å²) in [5, 5.41) is 0. The van der Waals surface area contributed by atoms with Crippen LogP contribution < -0.4 is 0 Å². The van der Waals surface area contributed by atoms with Crippen LogP contribution in [-0.2, 0) is 23.2 Å². The fourth-order valence-electron chi connectivity index (χ4n) is 1.92. The molecule has 0 aliphatic rings. The minimum atomic E-state index is -4.15. The third kappa shape index (κ3) is 4.60. The minimum absolute atomic E-state index is 0.0460. The van der Waals surface area contributed by atoms with Gasteiger partial charge in [-0.2, -0.15) is 4.31 Å². The first-order valence-corrected chi connectivity index (χ1v) is 8.00. The molecule has 0 saturated carbocycles. The fraction of sp³-hybridized carbons (Fsp3) is 0.200. The first-order valence-electron chi connectivity index (χ1n) is 7.18. The van der Waals surface area contributed by atoms with Crippen LogP contribution in [0.25, 0.3) is 10.4 Å². The molecule has 0 N–H and O–H groups in total. The molecule has 2 aromatic rings. The van der Waals surface area contributed by atoms with Crippen molar-refractivity contribution in [1.82, 2.24) is 4.31 Å². The zero-order chi connectivity index (χ0) is 16.7. The van der Waals surface area contributed by atoms with E-state index < -0.39 is 16.6 Å². The Morgan fingerprint density at radius 3 is 2.14 bits per heavy atom. The van der Waals surface area contributed by atoms with Gasteiger partial charge in [-0.1, -0.05) is 60.7 Å². The highest BCUT2D eigenvalue weighted by Gasteiger charge is 2.20. The molecule has 0 heterocycles. The fourth-order valence-corrected chi connectivity index (χ4v) is 2.69. The second kappa shape index (κ2) is 7.61. The summed E-state index contributed by atoms with van der Waals surface area (Å²) >= 11 is 0. The van der Waals surface area contributed by atoms with Gasteiger partial charge in [-0.05, 0) is 23.1 Å². The Bertz CT molecular complexity index is 778. The van der Waals surface area contributed by atoms with Crippen LogP contribution in [0.5, 0.6) is 0 Å². The van der Waals surface area contributed by atoms with E-state index in [-0.39, 0.29) is 13.1 Å². The average molecular weight is 317 g/mol. The van der Waals surface area contributed by atoms with Crippen LogP contribution in [0.15, 0.2) is 65.2 Å². The molecule has 0 bridgehead atoms. The Kier molecular flexibility index (Phi) is 5.04. The normalized spacial score (nSPS) is 13.2. The molecule has 0 fully saturated rings. The second-order valence-corrected chi connectivity index (χ2v) is 6.12. The second-order valence-electron chi connectivity index (χ2n) is 4.54. The molecular weight excluding hydrogens is 300 g/mol. The van der Waals surface area contributed by atoms with Crippen molar-refractivity contribution in [3.8, 4) is 0 Å². The first-order chi connectivity index (χ1) is 11.0. The molecule has 0 radical (unpaired) electrons. The van der Waals surface area contributed by atoms with E-state index >= 15 is 0 Å². The Hall–Kier alpha value is -2.34. The van der Waals surface area contributed by atoms with Gasteiger partial charge in [-0.15, -0.1) is 0 Å². The SMILES string of the molecule is [2H][C@@H](CN(Cc1ccccc1)S(=O)(=O)N=[N+]=[N-])c1ccccc1. The molecule has 0 spiro atoms. The molecule has 0 aromatic heterocycles. The van der Waals surface area contributed by atoms with Gasteiger partial charge >= 0.3 is 10.2 Å². The molecule has 114 valence electrons. The molecular formula is C15H16N4O2S. The molecule has 1 atom stereocenters. The van der Waals surface area contributed by atoms with Crippen molar-refractivity contribution >= 4 is 10.2 Å². The van der Waals surface area contributed by atoms with Crippen LogP contribution >= 0.6 is 0 Å². The van der Waals surface area contributed by atoms with Crippen LogP contribution in [0, 0.1) is 0 Å². The lowest BCUT2D eigenvalue weighted by atomic mass is 10.1. The third-order valence-corrected chi connectivity index (χ3v) is 4.21. The summed E-state index contributed by atoms with van der Waals surface area (Å²) in [4.78, 5) is 2.38. The quantitative estimate of drug-likeness (QED) is 0.446. The lowest BCUT2D eigenvalue weighted by Crippen LogP contribution is -2.30. The molecule has 0 amide bonds. The van der Waals surface area contributed by atoms with Crippen molar-refractivity contribution in [3.05, 3.63) is 82.2 Å². The van der Waals surface area contributed by atoms with Crippen molar-refractivity contribution in [1.29, 1.82) is 0 Å². The predicted octanol–water partition coefficient (Wildman–Crippen LogP) is 3.29.